The van der Waals surface area contributed by atoms with Gasteiger partial charge in [0.2, 0.25) is 6.08 Å². The van der Waals surface area contributed by atoms with E-state index in [0.717, 1.165) is 23.6 Å². The molecule has 0 aliphatic rings. The summed E-state index contributed by atoms with van der Waals surface area (Å²) in [7, 11) is 0.111. The highest BCUT2D eigenvalue weighted by atomic mass is 79.9. The number of anilines is 1. The molecule has 0 amide bonds. The molecule has 4 aromatic carbocycles. The first-order chi connectivity index (χ1) is 24.6. The molecule has 2 heterocycles. The van der Waals surface area contributed by atoms with Crippen molar-refractivity contribution in [3.05, 3.63) is 146 Å². The number of H-pyrrole nitrogens is 1. The average molecular weight is 981 g/mol. The highest BCUT2D eigenvalue weighted by Crippen LogP contribution is 2.16. The van der Waals surface area contributed by atoms with Crippen molar-refractivity contribution in [3.63, 3.8) is 0 Å². The molecule has 21 heteroatoms. The van der Waals surface area contributed by atoms with E-state index in [1.54, 1.807) is 43.4 Å². The van der Waals surface area contributed by atoms with Crippen LogP contribution in [-0.4, -0.2) is 54.3 Å². The second-order valence-corrected chi connectivity index (χ2v) is 19.0. The summed E-state index contributed by atoms with van der Waals surface area (Å²) < 4.78 is 11.1. The minimum Gasteiger partial charge on any atom is -0.399 e. The molecule has 0 fully saturated rings. The average Bonchev–Trinajstić information content (AvgIpc) is 3.69. The van der Waals surface area contributed by atoms with E-state index in [9.17, 15) is 14.4 Å². The molecule has 0 saturated heterocycles. The number of halogens is 4. The van der Waals surface area contributed by atoms with Crippen LogP contribution in [0.15, 0.2) is 134 Å². The Balaban J connectivity index is 0.000000231. The SMILES string of the molecule is C[Si](C)(C)N=[N+]=[N-].Cn1nnn(-c2ccc(Br)cc2)c1=O.Nc1ccc(Br)cc1.O=C=Nc1ccc(Br)cc1.O=c1[nH]nnn1-c1ccc(Br)cc1. The normalized spacial score (nSPS) is 9.77. The van der Waals surface area contributed by atoms with E-state index in [1.165, 1.54) is 20.1 Å². The molecule has 0 bridgehead atoms. The number of tetrazole rings is 2. The summed E-state index contributed by atoms with van der Waals surface area (Å²) in [6.07, 6.45) is 1.46. The predicted molar refractivity (Wildman–Crippen MR) is 217 cm³/mol. The largest absolute Gasteiger partial charge is 0.399 e. The number of hydrogen-bond donors (Lipinski definition) is 2. The Hall–Kier alpha value is -4.75. The maximum absolute atomic E-state index is 11.4. The molecule has 6 aromatic rings. The number of nitrogens with one attached hydrogen (secondary N) is 1. The standard InChI is InChI=1S/C8H7BrN4O.C7H5BrN4O.C7H4BrNO.C6H6BrN.C3H9N3Si/c1-12-8(14)13(11-10-12)7-4-2-6(9)3-5-7;8-5-1-3-6(4-2-5)12-7(13)9-10-11-12;8-6-1-3-7(4-2-6)9-5-10;7-5-1-3-6(8)4-2-5;1-7(2,3)6-5-4/h2-5H,1H3;1-4H,(H,9,11,13);1-4H;1-4H,8H2;1-3H3. The third-order valence-corrected chi connectivity index (χ3v) is 8.36. The Kier molecular flexibility index (Phi) is 18.6. The lowest BCUT2D eigenvalue weighted by atomic mass is 10.3. The van der Waals surface area contributed by atoms with Crippen LogP contribution in [0.4, 0.5) is 11.4 Å². The Morgan fingerprint density at radius 2 is 1.17 bits per heavy atom. The number of hydrogen-bond acceptors (Lipinski definition) is 10. The Morgan fingerprint density at radius 1 is 0.731 bits per heavy atom. The van der Waals surface area contributed by atoms with Gasteiger partial charge < -0.3 is 5.73 Å². The van der Waals surface area contributed by atoms with Crippen LogP contribution in [-0.2, 0) is 11.8 Å². The number of aromatic nitrogens is 8. The molecule has 16 nitrogen and oxygen atoms in total. The number of rotatable bonds is 4. The van der Waals surface area contributed by atoms with E-state index in [4.69, 9.17) is 11.3 Å². The predicted octanol–water partition coefficient (Wildman–Crippen LogP) is 8.03. The van der Waals surface area contributed by atoms with Gasteiger partial charge >= 0.3 is 11.4 Å². The van der Waals surface area contributed by atoms with E-state index in [1.807, 2.05) is 80.3 Å². The highest BCUT2D eigenvalue weighted by Gasteiger charge is 2.08. The minimum absolute atomic E-state index is 0.257. The Bertz CT molecular complexity index is 2170. The third-order valence-electron chi connectivity index (χ3n) is 5.55. The van der Waals surface area contributed by atoms with Crippen LogP contribution in [0.2, 0.25) is 19.6 Å². The number of aromatic amines is 1. The molecule has 6 rings (SSSR count). The number of nitrogen functional groups attached to an aromatic ring is 1. The van der Waals surface area contributed by atoms with Crippen molar-refractivity contribution in [1.29, 1.82) is 0 Å². The lowest BCUT2D eigenvalue weighted by Gasteiger charge is -2.01. The first-order valence-corrected chi connectivity index (χ1v) is 21.2. The minimum atomic E-state index is -1.45. The van der Waals surface area contributed by atoms with E-state index in [2.05, 4.69) is 104 Å². The summed E-state index contributed by atoms with van der Waals surface area (Å²) in [5.41, 5.74) is 15.5. The van der Waals surface area contributed by atoms with Gasteiger partial charge in [-0.25, -0.2) is 19.5 Å². The fraction of sp³-hybridized carbons (Fsp3) is 0.129. The number of nitrogens with two attached hydrogens (primary N) is 1. The van der Waals surface area contributed by atoms with Gasteiger partial charge in [0.05, 0.1) is 17.1 Å². The van der Waals surface area contributed by atoms with E-state index in [-0.39, 0.29) is 11.4 Å². The molecule has 3 N–H and O–H groups in total. The van der Waals surface area contributed by atoms with Gasteiger partial charge in [-0.15, -0.1) is 4.78 Å². The first kappa shape index (κ1) is 43.4. The quantitative estimate of drug-likeness (QED) is 0.0334. The van der Waals surface area contributed by atoms with Crippen LogP contribution >= 0.6 is 63.7 Å². The fourth-order valence-corrected chi connectivity index (χ4v) is 4.50. The van der Waals surface area contributed by atoms with Crippen molar-refractivity contribution in [2.45, 2.75) is 19.6 Å². The van der Waals surface area contributed by atoms with E-state index < -0.39 is 8.24 Å². The van der Waals surface area contributed by atoms with Gasteiger partial charge in [-0.1, -0.05) is 83.4 Å². The number of aliphatic imine (C=N–C) groups is 1. The summed E-state index contributed by atoms with van der Waals surface area (Å²) in [5.74, 6) is 0. The molecule has 270 valence electrons. The number of carbonyl (C=O) groups excluding carboxylic acids is 1. The number of isocyanates is 1. The zero-order valence-corrected chi connectivity index (χ0v) is 35.3. The Morgan fingerprint density at radius 3 is 1.50 bits per heavy atom. The molecular weight excluding hydrogens is 950 g/mol. The van der Waals surface area contributed by atoms with Crippen molar-refractivity contribution >= 4 is 89.4 Å². The maximum Gasteiger partial charge on any atom is 0.368 e. The first-order valence-electron chi connectivity index (χ1n) is 14.6. The van der Waals surface area contributed by atoms with Crippen molar-refractivity contribution in [2.75, 3.05) is 5.73 Å². The van der Waals surface area contributed by atoms with Crippen LogP contribution < -0.4 is 17.1 Å². The summed E-state index contributed by atoms with van der Waals surface area (Å²) in [6, 6.07) is 29.1. The van der Waals surface area contributed by atoms with E-state index in [0.29, 0.717) is 17.1 Å². The molecule has 0 unspecified atom stereocenters. The third kappa shape index (κ3) is 16.5. The topological polar surface area (TPSA) is 220 Å². The van der Waals surface area contributed by atoms with Crippen molar-refractivity contribution in [2.24, 2.45) is 16.8 Å². The molecule has 52 heavy (non-hydrogen) atoms. The molecule has 0 atom stereocenters. The van der Waals surface area contributed by atoms with Gasteiger partial charge in [-0.3, -0.25) is 0 Å². The summed E-state index contributed by atoms with van der Waals surface area (Å²) in [6.45, 7) is 5.98. The maximum atomic E-state index is 11.4. The lowest BCUT2D eigenvalue weighted by molar-refractivity contribution is 0.565. The molecule has 0 radical (unpaired) electrons. The van der Waals surface area contributed by atoms with Crippen LogP contribution in [0.5, 0.6) is 0 Å². The number of aryl methyl sites for hydroxylation is 1. The second kappa shape index (κ2) is 22.2. The lowest BCUT2D eigenvalue weighted by Crippen LogP contribution is -2.21. The van der Waals surface area contributed by atoms with Crippen molar-refractivity contribution < 1.29 is 4.79 Å². The molecule has 0 spiro atoms. The van der Waals surface area contributed by atoms with Gasteiger partial charge in [0.15, 0.2) is 0 Å². The van der Waals surface area contributed by atoms with E-state index >= 15 is 0 Å². The number of benzene rings is 4. The molecular formula is C31H31Br4N13O3Si. The molecule has 0 aliphatic heterocycles. The Labute approximate surface area is 332 Å². The van der Waals surface area contributed by atoms with Gasteiger partial charge in [0, 0.05) is 30.6 Å². The van der Waals surface area contributed by atoms with Gasteiger partial charge in [-0.2, -0.15) is 19.0 Å². The van der Waals surface area contributed by atoms with Crippen LogP contribution in [0.25, 0.3) is 21.8 Å². The summed E-state index contributed by atoms with van der Waals surface area (Å²) in [5, 5.41) is 16.5. The van der Waals surface area contributed by atoms with Gasteiger partial charge in [-0.05, 0) is 128 Å². The smallest absolute Gasteiger partial charge is 0.368 e. The molecule has 2 aromatic heterocycles. The molecule has 0 aliphatic carbocycles. The summed E-state index contributed by atoms with van der Waals surface area (Å²) >= 11 is 13.2. The number of nitrogens with zero attached hydrogens (tertiary/aromatic N) is 11. The second-order valence-electron chi connectivity index (χ2n) is 10.8. The van der Waals surface area contributed by atoms with Crippen LogP contribution in [0.3, 0.4) is 0 Å². The monoisotopic (exact) mass is 977 g/mol. The van der Waals surface area contributed by atoms with Crippen LogP contribution in [0.1, 0.15) is 0 Å². The van der Waals surface area contributed by atoms with Gasteiger partial charge in [0.25, 0.3) is 0 Å². The van der Waals surface area contributed by atoms with Crippen molar-refractivity contribution in [3.8, 4) is 11.4 Å². The highest BCUT2D eigenvalue weighted by molar-refractivity contribution is 9.11. The van der Waals surface area contributed by atoms with Crippen LogP contribution in [0, 0.1) is 0 Å². The molecule has 0 saturated carbocycles. The summed E-state index contributed by atoms with van der Waals surface area (Å²) in [4.78, 5) is 38.4. The zero-order valence-electron chi connectivity index (χ0n) is 28.0. The van der Waals surface area contributed by atoms with Crippen molar-refractivity contribution in [1.82, 2.24) is 40.0 Å². The fourth-order valence-electron chi connectivity index (χ4n) is 3.17. The zero-order chi connectivity index (χ0) is 38.7. The van der Waals surface area contributed by atoms with Gasteiger partial charge in [0.1, 0.15) is 8.24 Å². The number of azide groups is 1.